The summed E-state index contributed by atoms with van der Waals surface area (Å²) in [7, 11) is 0. The van der Waals surface area contributed by atoms with Crippen molar-refractivity contribution in [1.29, 1.82) is 0 Å². The van der Waals surface area contributed by atoms with Gasteiger partial charge in [-0.2, -0.15) is 0 Å². The number of nitrogens with zero attached hydrogens (tertiary/aromatic N) is 4. The lowest BCUT2D eigenvalue weighted by Crippen LogP contribution is -2.23. The zero-order valence-electron chi connectivity index (χ0n) is 12.0. The number of rotatable bonds is 10. The Labute approximate surface area is 130 Å². The first-order valence-electron chi connectivity index (χ1n) is 6.21. The van der Waals surface area contributed by atoms with E-state index in [1.54, 1.807) is 12.2 Å². The Bertz CT molecular complexity index is 506. The Hall–Kier alpha value is -2.88. The maximum Gasteiger partial charge on any atom is 0.235 e. The van der Waals surface area contributed by atoms with Gasteiger partial charge in [0, 0.05) is 0 Å². The molecule has 0 heterocycles. The molecule has 0 radical (unpaired) electrons. The van der Waals surface area contributed by atoms with Crippen LogP contribution in [0.5, 0.6) is 0 Å². The molecule has 23 heavy (non-hydrogen) atoms. The molecule has 0 aromatic heterocycles. The van der Waals surface area contributed by atoms with Crippen LogP contribution in [-0.2, 0) is 19.2 Å². The van der Waals surface area contributed by atoms with Crippen molar-refractivity contribution in [1.82, 2.24) is 0 Å². The molecule has 8 nitrogen and oxygen atoms in total. The van der Waals surface area contributed by atoms with Gasteiger partial charge in [0.05, 0.1) is 26.2 Å². The molecule has 124 valence electrons. The van der Waals surface area contributed by atoms with E-state index in [-0.39, 0.29) is 0 Å². The van der Waals surface area contributed by atoms with Crippen LogP contribution < -0.4 is 0 Å². The normalized spacial score (nSPS) is 11.4. The first-order valence-corrected chi connectivity index (χ1v) is 6.21. The molecule has 0 saturated carbocycles. The lowest BCUT2D eigenvalue weighted by Gasteiger charge is -2.06. The van der Waals surface area contributed by atoms with Crippen LogP contribution in [-0.4, -0.2) is 62.8 Å². The van der Waals surface area contributed by atoms with Crippen molar-refractivity contribution in [2.75, 3.05) is 26.2 Å². The summed E-state index contributed by atoms with van der Waals surface area (Å²) < 4.78 is 24.9. The Morgan fingerprint density at radius 3 is 1.65 bits per heavy atom. The van der Waals surface area contributed by atoms with E-state index in [0.29, 0.717) is 19.5 Å². The summed E-state index contributed by atoms with van der Waals surface area (Å²) in [6, 6.07) is 0. The van der Waals surface area contributed by atoms with Crippen LogP contribution in [0.1, 0.15) is 6.42 Å². The number of aliphatic imine (C=N–C) groups is 4. The van der Waals surface area contributed by atoms with Crippen LogP contribution >= 0.6 is 0 Å². The summed E-state index contributed by atoms with van der Waals surface area (Å²) in [5, 5.41) is 0. The number of carbonyl (C=O) groups excluding carboxylic acids is 4. The minimum absolute atomic E-state index is 0.342. The van der Waals surface area contributed by atoms with Crippen LogP contribution in [0.2, 0.25) is 0 Å². The molecule has 0 spiro atoms. The highest BCUT2D eigenvalue weighted by Gasteiger charge is 2.19. The Morgan fingerprint density at radius 2 is 1.22 bits per heavy atom. The molecular weight excluding hydrogens is 314 g/mol. The maximum absolute atomic E-state index is 12.5. The Kier molecular flexibility index (Phi) is 18.6. The van der Waals surface area contributed by atoms with Gasteiger partial charge in [0.1, 0.15) is 0 Å². The molecule has 0 rings (SSSR count). The van der Waals surface area contributed by atoms with Crippen molar-refractivity contribution in [3.05, 3.63) is 12.2 Å². The highest BCUT2D eigenvalue weighted by atomic mass is 19.2. The van der Waals surface area contributed by atoms with Crippen molar-refractivity contribution >= 4 is 24.3 Å². The molecule has 0 aromatic carbocycles. The topological polar surface area (TPSA) is 118 Å². The van der Waals surface area contributed by atoms with Crippen LogP contribution in [0, 0.1) is 0 Å². The van der Waals surface area contributed by atoms with E-state index in [0.717, 1.165) is 12.2 Å². The summed E-state index contributed by atoms with van der Waals surface area (Å²) in [5.41, 5.74) is 0. The quantitative estimate of drug-likeness (QED) is 0.256. The van der Waals surface area contributed by atoms with E-state index in [2.05, 4.69) is 20.0 Å². The highest BCUT2D eigenvalue weighted by Crippen LogP contribution is 2.04. The van der Waals surface area contributed by atoms with Crippen molar-refractivity contribution < 1.29 is 28.0 Å². The van der Waals surface area contributed by atoms with E-state index in [1.807, 2.05) is 0 Å². The van der Waals surface area contributed by atoms with Crippen molar-refractivity contribution in [2.24, 2.45) is 20.0 Å². The van der Waals surface area contributed by atoms with Gasteiger partial charge in [0.25, 0.3) is 0 Å². The number of halogens is 2. The molecule has 0 N–H and O–H groups in total. The molecule has 2 unspecified atom stereocenters. The van der Waals surface area contributed by atoms with Gasteiger partial charge in [-0.05, 0) is 6.42 Å². The van der Waals surface area contributed by atoms with Crippen LogP contribution in [0.3, 0.4) is 0 Å². The summed E-state index contributed by atoms with van der Waals surface area (Å²) in [5.74, 6) is 0. The molecule has 10 heteroatoms. The first-order chi connectivity index (χ1) is 11.1. The van der Waals surface area contributed by atoms with Crippen molar-refractivity contribution in [2.45, 2.75) is 18.8 Å². The predicted octanol–water partition coefficient (Wildman–Crippen LogP) is 0.939. The molecule has 0 aliphatic rings. The molecule has 0 bridgehead atoms. The fourth-order valence-corrected chi connectivity index (χ4v) is 0.945. The molecule has 0 fully saturated rings. The molecule has 0 saturated heterocycles. The number of hydrogen-bond donors (Lipinski definition) is 0. The van der Waals surface area contributed by atoms with E-state index < -0.39 is 25.4 Å². The zero-order valence-corrected chi connectivity index (χ0v) is 12.0. The second kappa shape index (κ2) is 19.1. The second-order valence-electron chi connectivity index (χ2n) is 3.56. The van der Waals surface area contributed by atoms with Gasteiger partial charge in [-0.1, -0.05) is 12.2 Å². The standard InChI is InChI=1S/C7H8N2O2.C6H6F2N2O2/c10-6-8-4-2-1-3-5-9-7-11;7-5(1-9-3-11)6(8)2-10-4-12/h1-2H,3-5H2;5-6H,1-2H2. The van der Waals surface area contributed by atoms with E-state index in [4.69, 9.17) is 0 Å². The summed E-state index contributed by atoms with van der Waals surface area (Å²) in [4.78, 5) is 50.4. The minimum Gasteiger partial charge on any atom is -0.242 e. The number of alkyl halides is 2. The second-order valence-corrected chi connectivity index (χ2v) is 3.56. The molecule has 2 atom stereocenters. The average molecular weight is 328 g/mol. The molecular formula is C13H14F2N4O4. The Balaban J connectivity index is 0. The molecule has 0 aromatic rings. The molecule has 0 aliphatic carbocycles. The van der Waals surface area contributed by atoms with Gasteiger partial charge in [0.15, 0.2) is 12.3 Å². The van der Waals surface area contributed by atoms with Gasteiger partial charge < -0.3 is 0 Å². The summed E-state index contributed by atoms with van der Waals surface area (Å²) in [6.45, 7) is -0.419. The highest BCUT2D eigenvalue weighted by molar-refractivity contribution is 5.34. The third kappa shape index (κ3) is 19.1. The fourth-order valence-electron chi connectivity index (χ4n) is 0.945. The largest absolute Gasteiger partial charge is 0.242 e. The zero-order chi connectivity index (χ0) is 17.8. The van der Waals surface area contributed by atoms with Crippen LogP contribution in [0.15, 0.2) is 32.1 Å². The minimum atomic E-state index is -1.93. The molecule has 0 amide bonds. The molecule has 0 aliphatic heterocycles. The lowest BCUT2D eigenvalue weighted by molar-refractivity contribution is 0.180. The van der Waals surface area contributed by atoms with E-state index in [9.17, 15) is 28.0 Å². The number of isocyanates is 4. The van der Waals surface area contributed by atoms with Crippen molar-refractivity contribution in [3.8, 4) is 0 Å². The van der Waals surface area contributed by atoms with Gasteiger partial charge in [-0.3, -0.25) is 0 Å². The summed E-state index contributed by atoms with van der Waals surface area (Å²) >= 11 is 0. The Morgan fingerprint density at radius 1 is 0.739 bits per heavy atom. The maximum atomic E-state index is 12.5. The monoisotopic (exact) mass is 328 g/mol. The van der Waals surface area contributed by atoms with Gasteiger partial charge in [0.2, 0.25) is 24.3 Å². The predicted molar refractivity (Wildman–Crippen MR) is 75.5 cm³/mol. The first kappa shape index (κ1) is 22.4. The summed E-state index contributed by atoms with van der Waals surface area (Å²) in [6.07, 6.45) is 5.30. The fraction of sp³-hybridized carbons (Fsp3) is 0.538. The lowest BCUT2D eigenvalue weighted by atomic mass is 10.2. The smallest absolute Gasteiger partial charge is 0.235 e. The van der Waals surface area contributed by atoms with Gasteiger partial charge in [-0.15, -0.1) is 0 Å². The van der Waals surface area contributed by atoms with E-state index in [1.165, 1.54) is 12.2 Å². The third-order valence-electron chi connectivity index (χ3n) is 1.95. The number of hydrogen-bond acceptors (Lipinski definition) is 8. The van der Waals surface area contributed by atoms with Crippen LogP contribution in [0.25, 0.3) is 0 Å². The average Bonchev–Trinajstić information content (AvgIpc) is 2.57. The van der Waals surface area contributed by atoms with Gasteiger partial charge in [-0.25, -0.2) is 47.9 Å². The SMILES string of the molecule is O=C=NCC(F)C(F)CN=C=O.O=C=NCC=CCCN=C=O. The van der Waals surface area contributed by atoms with Crippen molar-refractivity contribution in [3.63, 3.8) is 0 Å². The third-order valence-corrected chi connectivity index (χ3v) is 1.95. The van der Waals surface area contributed by atoms with Crippen LogP contribution in [0.4, 0.5) is 8.78 Å². The van der Waals surface area contributed by atoms with E-state index >= 15 is 0 Å². The van der Waals surface area contributed by atoms with Gasteiger partial charge >= 0.3 is 0 Å².